The molecule has 3 N–H and O–H groups in total. The van der Waals surface area contributed by atoms with Gasteiger partial charge >= 0.3 is 5.97 Å². The lowest BCUT2D eigenvalue weighted by atomic mass is 10.0. The van der Waals surface area contributed by atoms with Crippen LogP contribution in [0.5, 0.6) is 0 Å². The number of nitrogens with one attached hydrogen (secondary N) is 1. The van der Waals surface area contributed by atoms with Crippen LogP contribution in [0.3, 0.4) is 0 Å². The van der Waals surface area contributed by atoms with E-state index < -0.39 is 12.1 Å². The number of esters is 1. The minimum Gasteiger partial charge on any atom is -0.466 e. The van der Waals surface area contributed by atoms with Crippen LogP contribution in [0, 0.1) is 0 Å². The van der Waals surface area contributed by atoms with Gasteiger partial charge in [-0.25, -0.2) is 0 Å². The van der Waals surface area contributed by atoms with Crippen LogP contribution in [0.4, 0.5) is 0 Å². The quantitative estimate of drug-likeness (QED) is 0.0320. The van der Waals surface area contributed by atoms with Crippen molar-refractivity contribution in [3.63, 3.8) is 0 Å². The minimum absolute atomic E-state index is 0.00654. The highest BCUT2D eigenvalue weighted by atomic mass is 16.5. The van der Waals surface area contributed by atoms with E-state index in [1.807, 2.05) is 6.08 Å². The Balaban J connectivity index is 3.41. The van der Waals surface area contributed by atoms with Gasteiger partial charge in [0.15, 0.2) is 0 Å². The lowest BCUT2D eigenvalue weighted by Gasteiger charge is -2.20. The topological polar surface area (TPSA) is 95.9 Å². The number of aliphatic hydroxyl groups excluding tert-OH is 2. The summed E-state index contributed by atoms with van der Waals surface area (Å²) in [5, 5.41) is 23.2. The summed E-state index contributed by atoms with van der Waals surface area (Å²) in [6.45, 7) is 4.92. The van der Waals surface area contributed by atoms with Gasteiger partial charge in [-0.3, -0.25) is 9.59 Å². The second-order valence-electron chi connectivity index (χ2n) is 24.2. The Morgan fingerprint density at radius 3 is 0.923 bits per heavy atom. The van der Waals surface area contributed by atoms with Crippen LogP contribution >= 0.6 is 0 Å². The molecule has 0 bridgehead atoms. The van der Waals surface area contributed by atoms with E-state index in [0.29, 0.717) is 19.4 Å². The van der Waals surface area contributed by atoms with E-state index in [1.54, 1.807) is 6.08 Å². The smallest absolute Gasteiger partial charge is 0.305 e. The summed E-state index contributed by atoms with van der Waals surface area (Å²) in [6, 6.07) is -0.629. The van der Waals surface area contributed by atoms with Gasteiger partial charge in [0.05, 0.1) is 25.4 Å². The SMILES string of the molecule is CCCCCC/C=C\CCCCCCCC(=O)OCCCCCCCCCCCCCC/C=C\CCCCCCCCCCCCCCC(=O)NC(CO)C(O)/C=C/CCCCCCCCCCCCCCCCCCCC. The molecule has 2 atom stereocenters. The lowest BCUT2D eigenvalue weighted by molar-refractivity contribution is -0.143. The number of allylic oxidation sites excluding steroid dienone is 5. The molecule has 0 heterocycles. The van der Waals surface area contributed by atoms with E-state index in [2.05, 4.69) is 43.5 Å². The maximum absolute atomic E-state index is 12.5. The molecule has 2 unspecified atom stereocenters. The molecule has 0 aliphatic rings. The zero-order chi connectivity index (χ0) is 56.4. The zero-order valence-electron chi connectivity index (χ0n) is 52.7. The maximum Gasteiger partial charge on any atom is 0.305 e. The molecule has 0 aromatic heterocycles. The van der Waals surface area contributed by atoms with Crippen molar-refractivity contribution in [1.29, 1.82) is 0 Å². The highest BCUT2D eigenvalue weighted by Crippen LogP contribution is 2.18. The first-order valence-electron chi connectivity index (χ1n) is 35.3. The summed E-state index contributed by atoms with van der Waals surface area (Å²) in [5.74, 6) is -0.0580. The first kappa shape index (κ1) is 76.1. The molecule has 0 spiro atoms. The van der Waals surface area contributed by atoms with Gasteiger partial charge < -0.3 is 20.3 Å². The van der Waals surface area contributed by atoms with Gasteiger partial charge in [-0.15, -0.1) is 0 Å². The van der Waals surface area contributed by atoms with E-state index >= 15 is 0 Å². The number of rotatable bonds is 66. The first-order chi connectivity index (χ1) is 38.5. The van der Waals surface area contributed by atoms with E-state index in [4.69, 9.17) is 4.74 Å². The van der Waals surface area contributed by atoms with Crippen LogP contribution in [-0.4, -0.2) is 47.4 Å². The molecule has 0 saturated heterocycles. The van der Waals surface area contributed by atoms with Crippen molar-refractivity contribution in [1.82, 2.24) is 5.32 Å². The number of hydrogen-bond donors (Lipinski definition) is 3. The lowest BCUT2D eigenvalue weighted by Crippen LogP contribution is -2.45. The van der Waals surface area contributed by atoms with Crippen LogP contribution in [0.1, 0.15) is 386 Å². The summed E-state index contributed by atoms with van der Waals surface area (Å²) in [5.41, 5.74) is 0. The maximum atomic E-state index is 12.5. The number of aliphatic hydroxyl groups is 2. The number of ether oxygens (including phenoxy) is 1. The molecule has 0 fully saturated rings. The van der Waals surface area contributed by atoms with E-state index in [0.717, 1.165) is 44.9 Å². The molecule has 0 aromatic carbocycles. The Morgan fingerprint density at radius 2 is 0.603 bits per heavy atom. The largest absolute Gasteiger partial charge is 0.466 e. The third-order valence-electron chi connectivity index (χ3n) is 16.4. The highest BCUT2D eigenvalue weighted by molar-refractivity contribution is 5.76. The van der Waals surface area contributed by atoms with Crippen LogP contribution in [-0.2, 0) is 14.3 Å². The standard InChI is InChI=1S/C72H137NO5/c1-3-5-7-9-11-13-15-17-18-19-20-31-34-37-41-44-48-52-56-60-64-70(75)69(68-74)73-71(76)65-61-57-53-49-45-42-38-35-32-29-27-25-23-21-22-24-26-28-30-33-36-39-43-47-51-55-59-63-67-78-72(77)66-62-58-54-50-46-40-16-14-12-10-8-6-4-2/h14,16,21-22,60,64,69-70,74-75H,3-13,15,17-20,23-59,61-63,65-68H2,1-2H3,(H,73,76)/b16-14-,22-21-,64-60+. The fourth-order valence-corrected chi connectivity index (χ4v) is 11.0. The summed E-state index contributed by atoms with van der Waals surface area (Å²) in [4.78, 5) is 24.6. The third-order valence-corrected chi connectivity index (χ3v) is 16.4. The molecule has 0 aliphatic heterocycles. The molecule has 6 nitrogen and oxygen atoms in total. The molecular formula is C72H137NO5. The number of unbranched alkanes of at least 4 members (excludes halogenated alkanes) is 51. The Labute approximate surface area is 487 Å². The second-order valence-corrected chi connectivity index (χ2v) is 24.2. The van der Waals surface area contributed by atoms with Gasteiger partial charge in [-0.1, -0.05) is 326 Å². The summed E-state index contributed by atoms with van der Waals surface area (Å²) >= 11 is 0. The molecule has 0 aromatic rings. The van der Waals surface area contributed by atoms with Gasteiger partial charge in [0.25, 0.3) is 0 Å². The number of carbonyl (C=O) groups excluding carboxylic acids is 2. The van der Waals surface area contributed by atoms with Crippen LogP contribution < -0.4 is 5.32 Å². The third kappa shape index (κ3) is 63.3. The van der Waals surface area contributed by atoms with Crippen molar-refractivity contribution < 1.29 is 24.5 Å². The number of hydrogen-bond acceptors (Lipinski definition) is 5. The molecule has 0 aliphatic carbocycles. The van der Waals surface area contributed by atoms with Crippen molar-refractivity contribution in [3.8, 4) is 0 Å². The van der Waals surface area contributed by atoms with Gasteiger partial charge in [0, 0.05) is 12.8 Å². The molecule has 460 valence electrons. The van der Waals surface area contributed by atoms with Gasteiger partial charge in [0.2, 0.25) is 5.91 Å². The predicted molar refractivity (Wildman–Crippen MR) is 343 cm³/mol. The Kier molecular flexibility index (Phi) is 65.9. The van der Waals surface area contributed by atoms with Crippen molar-refractivity contribution in [2.75, 3.05) is 13.2 Å². The van der Waals surface area contributed by atoms with Crippen LogP contribution in [0.25, 0.3) is 0 Å². The summed E-state index contributed by atoms with van der Waals surface area (Å²) < 4.78 is 5.48. The Hall–Kier alpha value is -1.92. The fourth-order valence-electron chi connectivity index (χ4n) is 11.0. The van der Waals surface area contributed by atoms with E-state index in [1.165, 1.54) is 315 Å². The molecule has 0 radical (unpaired) electrons. The number of carbonyl (C=O) groups is 2. The van der Waals surface area contributed by atoms with E-state index in [-0.39, 0.29) is 18.5 Å². The van der Waals surface area contributed by atoms with Gasteiger partial charge in [-0.05, 0) is 83.5 Å². The zero-order valence-corrected chi connectivity index (χ0v) is 52.7. The summed E-state index contributed by atoms with van der Waals surface area (Å²) in [6.07, 6.45) is 86.5. The van der Waals surface area contributed by atoms with Crippen molar-refractivity contribution in [3.05, 3.63) is 36.5 Å². The summed E-state index contributed by atoms with van der Waals surface area (Å²) in [7, 11) is 0. The molecule has 78 heavy (non-hydrogen) atoms. The predicted octanol–water partition coefficient (Wildman–Crippen LogP) is 22.7. The van der Waals surface area contributed by atoms with Gasteiger partial charge in [-0.2, -0.15) is 0 Å². The van der Waals surface area contributed by atoms with Crippen molar-refractivity contribution in [2.45, 2.75) is 398 Å². The van der Waals surface area contributed by atoms with Gasteiger partial charge in [0.1, 0.15) is 0 Å². The van der Waals surface area contributed by atoms with Crippen molar-refractivity contribution in [2.24, 2.45) is 0 Å². The second kappa shape index (κ2) is 67.6. The molecule has 0 rings (SSSR count). The van der Waals surface area contributed by atoms with E-state index in [9.17, 15) is 19.8 Å². The highest BCUT2D eigenvalue weighted by Gasteiger charge is 2.18. The molecule has 1 amide bonds. The normalized spacial score (nSPS) is 12.7. The molecular weight excluding hydrogens is 959 g/mol. The monoisotopic (exact) mass is 1100 g/mol. The van der Waals surface area contributed by atoms with Crippen LogP contribution in [0.2, 0.25) is 0 Å². The average molecular weight is 1100 g/mol. The minimum atomic E-state index is -0.845. The first-order valence-corrected chi connectivity index (χ1v) is 35.3. The Bertz CT molecular complexity index is 1260. The van der Waals surface area contributed by atoms with Crippen molar-refractivity contribution >= 4 is 11.9 Å². The van der Waals surface area contributed by atoms with Crippen LogP contribution in [0.15, 0.2) is 36.5 Å². The fraction of sp³-hybridized carbons (Fsp3) is 0.889. The number of amides is 1. The molecule has 6 heteroatoms. The average Bonchev–Trinajstić information content (AvgIpc) is 3.44. The Morgan fingerprint density at radius 1 is 0.346 bits per heavy atom. The molecule has 0 saturated carbocycles.